The number of carbonyl (C=O) groups excluding carboxylic acids is 2. The summed E-state index contributed by atoms with van der Waals surface area (Å²) in [4.78, 5) is 23.7. The van der Waals surface area contributed by atoms with E-state index >= 15 is 0 Å². The molecule has 49 heavy (non-hydrogen) atoms. The average Bonchev–Trinajstić information content (AvgIpc) is 2.94. The zero-order valence-corrected chi connectivity index (χ0v) is 35.3. The van der Waals surface area contributed by atoms with E-state index in [0.717, 1.165) is 31.3 Å². The van der Waals surface area contributed by atoms with Crippen molar-refractivity contribution in [1.29, 1.82) is 0 Å². The van der Waals surface area contributed by atoms with Crippen molar-refractivity contribution < 1.29 is 42.1 Å². The van der Waals surface area contributed by atoms with Crippen LogP contribution in [-0.4, -0.2) is 90.6 Å². The van der Waals surface area contributed by atoms with Gasteiger partial charge in [-0.3, -0.25) is 9.59 Å². The van der Waals surface area contributed by atoms with E-state index < -0.39 is 22.7 Å². The monoisotopic (exact) mass is 726 g/mol. The molecule has 0 aliphatic carbocycles. The van der Waals surface area contributed by atoms with Crippen LogP contribution in [0.25, 0.3) is 0 Å². The molecule has 0 amide bonds. The molecule has 3 fully saturated rings. The van der Waals surface area contributed by atoms with E-state index in [2.05, 4.69) is 88.2 Å². The predicted octanol–water partition coefficient (Wildman–Crippen LogP) is 8.36. The second kappa shape index (κ2) is 16.7. The van der Waals surface area contributed by atoms with Crippen LogP contribution in [0, 0.1) is 11.8 Å². The molecule has 0 N–H and O–H groups in total. The van der Waals surface area contributed by atoms with Gasteiger partial charge in [-0.05, 0) is 73.4 Å². The van der Waals surface area contributed by atoms with Gasteiger partial charge < -0.3 is 32.5 Å². The Kier molecular flexibility index (Phi) is 14.4. The maximum Gasteiger partial charge on any atom is 0.303 e. The van der Waals surface area contributed by atoms with Crippen molar-refractivity contribution >= 4 is 28.6 Å². The van der Waals surface area contributed by atoms with Crippen LogP contribution < -0.4 is 0 Å². The molecule has 5 unspecified atom stereocenters. The van der Waals surface area contributed by atoms with E-state index in [0.29, 0.717) is 26.1 Å². The molecule has 0 aromatic rings. The molecular weight excluding hydrogens is 657 g/mol. The Morgan fingerprint density at radius 2 is 1.47 bits per heavy atom. The highest BCUT2D eigenvalue weighted by Gasteiger charge is 2.53. The quantitative estimate of drug-likeness (QED) is 0.0803. The lowest BCUT2D eigenvalue weighted by Gasteiger charge is -2.53. The molecule has 0 bridgehead atoms. The summed E-state index contributed by atoms with van der Waals surface area (Å²) in [5.41, 5.74) is 1.04. The Morgan fingerprint density at radius 1 is 0.837 bits per heavy atom. The van der Waals surface area contributed by atoms with Crippen LogP contribution in [0.5, 0.6) is 0 Å². The molecule has 9 nitrogen and oxygen atoms in total. The van der Waals surface area contributed by atoms with E-state index in [9.17, 15) is 9.59 Å². The second-order valence-corrected chi connectivity index (χ2v) is 27.6. The van der Waals surface area contributed by atoms with Crippen molar-refractivity contribution in [2.75, 3.05) is 13.2 Å². The Labute approximate surface area is 300 Å². The normalized spacial score (nSPS) is 33.1. The van der Waals surface area contributed by atoms with Crippen LogP contribution in [0.4, 0.5) is 0 Å². The maximum atomic E-state index is 12.5. The fourth-order valence-electron chi connectivity index (χ4n) is 6.83. The van der Waals surface area contributed by atoms with Crippen LogP contribution in [0.15, 0.2) is 12.2 Å². The van der Waals surface area contributed by atoms with Crippen molar-refractivity contribution in [3.8, 4) is 0 Å². The van der Waals surface area contributed by atoms with Gasteiger partial charge in [-0.15, -0.1) is 0 Å². The van der Waals surface area contributed by atoms with Gasteiger partial charge in [0.1, 0.15) is 6.10 Å². The second-order valence-electron chi connectivity index (χ2n) is 18.0. The molecule has 0 aromatic carbocycles. The Balaban J connectivity index is 1.83. The minimum atomic E-state index is -2.14. The van der Waals surface area contributed by atoms with E-state index in [4.69, 9.17) is 32.5 Å². The van der Waals surface area contributed by atoms with Gasteiger partial charge in [0.25, 0.3) is 0 Å². The fraction of sp³-hybridized carbons (Fsp3) is 0.895. The molecule has 3 rings (SSSR count). The molecule has 0 spiro atoms. The van der Waals surface area contributed by atoms with Crippen LogP contribution in [-0.2, 0) is 42.1 Å². The van der Waals surface area contributed by atoms with Crippen LogP contribution in [0.3, 0.4) is 0 Å². The molecule has 11 heteroatoms. The lowest BCUT2D eigenvalue weighted by Crippen LogP contribution is -2.63. The van der Waals surface area contributed by atoms with Gasteiger partial charge in [-0.1, -0.05) is 62.0 Å². The Hall–Kier alpha value is -1.09. The number of hydrogen-bond donors (Lipinski definition) is 0. The molecule has 3 heterocycles. The van der Waals surface area contributed by atoms with Crippen LogP contribution in [0.1, 0.15) is 108 Å². The van der Waals surface area contributed by atoms with Gasteiger partial charge in [0, 0.05) is 39.2 Å². The number of ether oxygens (including phenoxy) is 5. The molecular formula is C38H70O9Si2. The van der Waals surface area contributed by atoms with Crippen LogP contribution in [0.2, 0.25) is 36.3 Å². The topological polar surface area (TPSA) is 98.8 Å². The summed E-state index contributed by atoms with van der Waals surface area (Å²) in [5.74, 6) is -0.428. The first-order valence-corrected chi connectivity index (χ1v) is 24.5. The summed E-state index contributed by atoms with van der Waals surface area (Å²) in [6.07, 6.45) is 2.53. The number of fused-ring (bicyclic) bond motifs is 1. The molecule has 10 atom stereocenters. The number of rotatable bonds is 13. The zero-order chi connectivity index (χ0) is 37.1. The third-order valence-corrected chi connectivity index (χ3v) is 21.0. The molecule has 3 aliphatic heterocycles. The minimum absolute atomic E-state index is 0.0247. The van der Waals surface area contributed by atoms with Crippen molar-refractivity contribution in [3.63, 3.8) is 0 Å². The van der Waals surface area contributed by atoms with Crippen LogP contribution >= 0.6 is 0 Å². The van der Waals surface area contributed by atoms with E-state index in [1.165, 1.54) is 13.8 Å². The summed E-state index contributed by atoms with van der Waals surface area (Å²) >= 11 is 0. The Morgan fingerprint density at radius 3 is 2.04 bits per heavy atom. The summed E-state index contributed by atoms with van der Waals surface area (Å²) in [6.45, 7) is 35.4. The average molecular weight is 727 g/mol. The fourth-order valence-corrected chi connectivity index (χ4v) is 9.25. The molecule has 0 aromatic heterocycles. The van der Waals surface area contributed by atoms with Crippen molar-refractivity contribution in [2.45, 2.75) is 193 Å². The van der Waals surface area contributed by atoms with Gasteiger partial charge in [0.05, 0.1) is 49.3 Å². The molecule has 3 saturated heterocycles. The number of carbonyl (C=O) groups is 2. The highest BCUT2D eigenvalue weighted by Crippen LogP contribution is 2.45. The smallest absolute Gasteiger partial charge is 0.303 e. The summed E-state index contributed by atoms with van der Waals surface area (Å²) in [5, 5.41) is 0.162. The molecule has 0 saturated carbocycles. The third-order valence-electron chi connectivity index (χ3n) is 12.0. The number of hydrogen-bond acceptors (Lipinski definition) is 9. The molecule has 3 aliphatic rings. The predicted molar refractivity (Wildman–Crippen MR) is 199 cm³/mol. The van der Waals surface area contributed by atoms with Crippen molar-refractivity contribution in [3.05, 3.63) is 12.2 Å². The highest BCUT2D eigenvalue weighted by atomic mass is 28.4. The minimum Gasteiger partial charge on any atom is -0.466 e. The molecule has 0 radical (unpaired) electrons. The summed E-state index contributed by atoms with van der Waals surface area (Å²) in [7, 11) is -4.08. The van der Waals surface area contributed by atoms with Gasteiger partial charge in [-0.2, -0.15) is 0 Å². The first-order valence-electron chi connectivity index (χ1n) is 18.7. The largest absolute Gasteiger partial charge is 0.466 e. The maximum absolute atomic E-state index is 12.5. The van der Waals surface area contributed by atoms with E-state index in [1.54, 1.807) is 0 Å². The van der Waals surface area contributed by atoms with Crippen molar-refractivity contribution in [2.24, 2.45) is 11.8 Å². The zero-order valence-electron chi connectivity index (χ0n) is 33.3. The van der Waals surface area contributed by atoms with Gasteiger partial charge in [0.2, 0.25) is 0 Å². The Bertz CT molecular complexity index is 1130. The first kappa shape index (κ1) is 42.3. The summed E-state index contributed by atoms with van der Waals surface area (Å²) in [6, 6.07) is 0. The SMILES string of the molecule is C=C1C(C[C@@H]2O[C@H]3CC(O[Si](C)(C)C(C)(C)C)C(CCO[Si](C)(C)C(C)(C)C)O[C@H]3[C@H](C)C2OC(C)=O)OC(CCCOC(C)=O)C[C@H]1C. The third kappa shape index (κ3) is 11.2. The summed E-state index contributed by atoms with van der Waals surface area (Å²) < 4.78 is 45.4. The van der Waals surface area contributed by atoms with E-state index in [-0.39, 0.29) is 76.6 Å². The van der Waals surface area contributed by atoms with Gasteiger partial charge in [-0.25, -0.2) is 0 Å². The lowest BCUT2D eigenvalue weighted by atomic mass is 9.79. The number of esters is 2. The van der Waals surface area contributed by atoms with Gasteiger partial charge >= 0.3 is 11.9 Å². The lowest BCUT2D eigenvalue weighted by molar-refractivity contribution is -0.271. The highest BCUT2D eigenvalue weighted by molar-refractivity contribution is 6.74. The standard InChI is InChI=1S/C38H70O9Si2/c1-24-21-29(17-16-19-41-27(4)39)44-31(25(24)2)22-33-35(43-28(5)40)26(3)36-34(45-33)23-32(47-49(14,15)38(9,10)11)30(46-36)18-20-42-48(12,13)37(6,7)8/h24,26,29-36H,2,16-23H2,1,3-15H3/t24-,26-,29?,30?,31?,32?,33+,34+,35?,36+/m1/s1. The first-order chi connectivity index (χ1) is 22.4. The van der Waals surface area contributed by atoms with E-state index in [1.807, 2.05) is 0 Å². The van der Waals surface area contributed by atoms with Gasteiger partial charge in [0.15, 0.2) is 16.6 Å². The van der Waals surface area contributed by atoms with Crippen molar-refractivity contribution in [1.82, 2.24) is 0 Å². The molecule has 284 valence electrons.